The number of carbonyl (C=O) groups excluding carboxylic acids is 1. The van der Waals surface area contributed by atoms with E-state index in [-0.39, 0.29) is 48.4 Å². The number of benzene rings is 3. The Morgan fingerprint density at radius 2 is 1.75 bits per heavy atom. The fourth-order valence-corrected chi connectivity index (χ4v) is 6.32. The van der Waals surface area contributed by atoms with Crippen LogP contribution < -0.4 is 14.2 Å². The molecule has 1 aromatic heterocycles. The Morgan fingerprint density at radius 1 is 1.04 bits per heavy atom. The molecule has 4 aromatic rings. The number of halogens is 3. The molecule has 0 aliphatic carbocycles. The van der Waals surface area contributed by atoms with Crippen molar-refractivity contribution in [2.45, 2.75) is 50.6 Å². The highest BCUT2D eigenvalue weighted by atomic mass is 19.4. The Hall–Kier alpha value is -5.08. The summed E-state index contributed by atoms with van der Waals surface area (Å²) in [5.74, 6) is 0.507. The smallest absolute Gasteiger partial charge is 0.422 e. The highest BCUT2D eigenvalue weighted by molar-refractivity contribution is 5.88. The quantitative estimate of drug-likeness (QED) is 0.0684. The van der Waals surface area contributed by atoms with Gasteiger partial charge in [-0.05, 0) is 68.1 Å². The highest BCUT2D eigenvalue weighted by Gasteiger charge is 2.57. The molecule has 0 radical (unpaired) electrons. The van der Waals surface area contributed by atoms with Crippen LogP contribution in [0.15, 0.2) is 72.9 Å². The van der Waals surface area contributed by atoms with Gasteiger partial charge in [0.1, 0.15) is 6.10 Å². The molecular formula is C37H40F3N3O8. The molecule has 0 spiro atoms. The number of nitro benzene ring substituents is 1. The minimum absolute atomic E-state index is 0.0760. The summed E-state index contributed by atoms with van der Waals surface area (Å²) in [4.78, 5) is 24.3. The third kappa shape index (κ3) is 8.46. The van der Waals surface area contributed by atoms with Crippen LogP contribution in [0.4, 0.5) is 18.9 Å². The Balaban J connectivity index is 1.39. The molecule has 1 saturated heterocycles. The van der Waals surface area contributed by atoms with Gasteiger partial charge in [0.2, 0.25) is 11.4 Å². The molecule has 1 aliphatic rings. The number of hydrogen-bond donors (Lipinski definition) is 1. The van der Waals surface area contributed by atoms with Crippen molar-refractivity contribution in [2.75, 3.05) is 40.5 Å². The number of non-ortho nitro benzene ring substituents is 1. The van der Waals surface area contributed by atoms with Gasteiger partial charge in [-0.3, -0.25) is 15.0 Å². The highest BCUT2D eigenvalue weighted by Crippen LogP contribution is 2.45. The molecule has 0 saturated carbocycles. The molecule has 1 N–H and O–H groups in total. The number of likely N-dealkylation sites (tertiary alicyclic amines) is 1. The zero-order valence-electron chi connectivity index (χ0n) is 28.5. The van der Waals surface area contributed by atoms with E-state index in [1.807, 2.05) is 6.07 Å². The summed E-state index contributed by atoms with van der Waals surface area (Å²) in [5.41, 5.74) is -2.35. The van der Waals surface area contributed by atoms with Gasteiger partial charge in [-0.2, -0.15) is 13.2 Å². The third-order valence-electron chi connectivity index (χ3n) is 8.87. The number of hydrogen-bond acceptors (Lipinski definition) is 9. The number of aliphatic hydroxyl groups is 1. The molecule has 14 heteroatoms. The molecule has 51 heavy (non-hydrogen) atoms. The van der Waals surface area contributed by atoms with E-state index in [0.29, 0.717) is 42.1 Å². The van der Waals surface area contributed by atoms with E-state index in [4.69, 9.17) is 18.9 Å². The summed E-state index contributed by atoms with van der Waals surface area (Å²) in [6.07, 6.45) is -0.0683. The minimum Gasteiger partial charge on any atom is -0.493 e. The Kier molecular flexibility index (Phi) is 11.6. The number of fused-ring (bicyclic) bond motifs is 1. The summed E-state index contributed by atoms with van der Waals surface area (Å²) < 4.78 is 69.0. The number of carbonyl (C=O) groups is 1. The number of nitro groups is 1. The molecule has 3 aromatic carbocycles. The lowest BCUT2D eigenvalue weighted by Crippen LogP contribution is -2.51. The van der Waals surface area contributed by atoms with Crippen LogP contribution in [0.1, 0.15) is 42.9 Å². The number of aromatic nitrogens is 1. The van der Waals surface area contributed by atoms with Gasteiger partial charge in [0.15, 0.2) is 11.5 Å². The summed E-state index contributed by atoms with van der Waals surface area (Å²) in [7, 11) is 2.92. The zero-order valence-corrected chi connectivity index (χ0v) is 28.5. The predicted molar refractivity (Wildman–Crippen MR) is 184 cm³/mol. The molecule has 2 unspecified atom stereocenters. The topological polar surface area (TPSA) is 126 Å². The minimum atomic E-state index is -5.08. The van der Waals surface area contributed by atoms with Crippen molar-refractivity contribution in [2.24, 2.45) is 0 Å². The van der Waals surface area contributed by atoms with Gasteiger partial charge < -0.3 is 28.6 Å². The maximum absolute atomic E-state index is 15.0. The first-order chi connectivity index (χ1) is 24.4. The van der Waals surface area contributed by atoms with Crippen LogP contribution in [-0.2, 0) is 21.7 Å². The monoisotopic (exact) mass is 711 g/mol. The zero-order chi connectivity index (χ0) is 36.8. The lowest BCUT2D eigenvalue weighted by Gasteiger charge is -2.35. The van der Waals surface area contributed by atoms with Gasteiger partial charge in [-0.1, -0.05) is 30.3 Å². The number of alkyl halides is 3. The Bertz CT molecular complexity index is 1850. The maximum atomic E-state index is 15.0. The van der Waals surface area contributed by atoms with Crippen LogP contribution in [0, 0.1) is 10.1 Å². The second kappa shape index (κ2) is 15.9. The molecule has 272 valence electrons. The lowest BCUT2D eigenvalue weighted by atomic mass is 9.91. The number of β-amino-alcohol motifs (C(OH)–C–C–N with tert-alkyl or cyclic N) is 1. The molecular weight excluding hydrogens is 671 g/mol. The third-order valence-corrected chi connectivity index (χ3v) is 8.87. The average Bonchev–Trinajstić information content (AvgIpc) is 3.32. The number of ether oxygens (including phenoxy) is 4. The normalized spacial score (nSPS) is 16.8. The van der Waals surface area contributed by atoms with E-state index in [9.17, 15) is 20.0 Å². The second-order valence-corrected chi connectivity index (χ2v) is 12.3. The van der Waals surface area contributed by atoms with Crippen LogP contribution in [0.25, 0.3) is 17.0 Å². The molecule has 0 bridgehead atoms. The number of methoxy groups -OCH3 is 2. The molecule has 11 nitrogen and oxygen atoms in total. The second-order valence-electron chi connectivity index (χ2n) is 12.3. The van der Waals surface area contributed by atoms with Crippen molar-refractivity contribution in [3.05, 3.63) is 99.7 Å². The van der Waals surface area contributed by atoms with Crippen LogP contribution in [-0.4, -0.2) is 78.2 Å². The van der Waals surface area contributed by atoms with Crippen molar-refractivity contribution in [1.82, 2.24) is 9.47 Å². The number of nitrogens with zero attached hydrogens (tertiary/aromatic N) is 3. The van der Waals surface area contributed by atoms with E-state index in [1.165, 1.54) is 43.2 Å². The van der Waals surface area contributed by atoms with Crippen molar-refractivity contribution < 1.29 is 46.9 Å². The standard InChI is InChI=1S/C37H40F3N3O8/c1-4-50-34(44)15-12-26-19-32(48-2)35(33(20-26)49-3)51-28-11-8-17-41(18-16-28)24-36(45,37(38,39)40)30-23-42(22-25-9-6-5-7-10-25)31-21-27(43(46)47)13-14-29(30)31/h5-7,9-10,12-15,19-21,23,28,45H,4,8,11,16-18,22,24H2,1-3H3. The van der Waals surface area contributed by atoms with Crippen LogP contribution in [0.2, 0.25) is 0 Å². The van der Waals surface area contributed by atoms with Crippen molar-refractivity contribution >= 4 is 28.6 Å². The molecule has 5 rings (SSSR count). The van der Waals surface area contributed by atoms with E-state index in [1.54, 1.807) is 54.3 Å². The van der Waals surface area contributed by atoms with Crippen molar-refractivity contribution in [3.8, 4) is 17.2 Å². The summed E-state index contributed by atoms with van der Waals surface area (Å²) in [6, 6.07) is 16.0. The molecule has 1 fully saturated rings. The van der Waals surface area contributed by atoms with Crippen molar-refractivity contribution in [3.63, 3.8) is 0 Å². The van der Waals surface area contributed by atoms with E-state index < -0.39 is 35.3 Å². The van der Waals surface area contributed by atoms with E-state index in [2.05, 4.69) is 0 Å². The van der Waals surface area contributed by atoms with E-state index >= 15 is 13.2 Å². The number of rotatable bonds is 13. The molecule has 0 amide bonds. The average molecular weight is 712 g/mol. The van der Waals surface area contributed by atoms with E-state index in [0.717, 1.165) is 11.6 Å². The van der Waals surface area contributed by atoms with Crippen LogP contribution in [0.3, 0.4) is 0 Å². The summed E-state index contributed by atoms with van der Waals surface area (Å²) in [6.45, 7) is 1.78. The molecule has 2 atom stereocenters. The first kappa shape index (κ1) is 37.2. The maximum Gasteiger partial charge on any atom is 0.422 e. The predicted octanol–water partition coefficient (Wildman–Crippen LogP) is 6.87. The van der Waals surface area contributed by atoms with Gasteiger partial charge in [-0.15, -0.1) is 0 Å². The summed E-state index contributed by atoms with van der Waals surface area (Å²) in [5, 5.41) is 23.3. The number of esters is 1. The van der Waals surface area contributed by atoms with Crippen LogP contribution in [0.5, 0.6) is 17.2 Å². The fourth-order valence-electron chi connectivity index (χ4n) is 6.32. The lowest BCUT2D eigenvalue weighted by molar-refractivity contribution is -0.384. The molecule has 1 aliphatic heterocycles. The van der Waals surface area contributed by atoms with Gasteiger partial charge in [0.25, 0.3) is 5.69 Å². The van der Waals surface area contributed by atoms with Gasteiger partial charge >= 0.3 is 12.1 Å². The van der Waals surface area contributed by atoms with Crippen LogP contribution >= 0.6 is 0 Å². The van der Waals surface area contributed by atoms with Gasteiger partial charge in [0, 0.05) is 55.0 Å². The summed E-state index contributed by atoms with van der Waals surface area (Å²) >= 11 is 0. The Labute approximate surface area is 292 Å². The SMILES string of the molecule is CCOC(=O)C=Cc1cc(OC)c(OC2CCCN(CC(O)(c3cn(Cc4ccccc4)c4cc([N+](=O)[O-])ccc34)C(F)(F)F)CC2)c(OC)c1. The first-order valence-corrected chi connectivity index (χ1v) is 16.5. The molecule has 2 heterocycles. The Morgan fingerprint density at radius 3 is 2.37 bits per heavy atom. The van der Waals surface area contributed by atoms with Gasteiger partial charge in [-0.25, -0.2) is 4.79 Å². The fraction of sp³-hybridized carbons (Fsp3) is 0.378. The first-order valence-electron chi connectivity index (χ1n) is 16.5. The van der Waals surface area contributed by atoms with Crippen molar-refractivity contribution in [1.29, 1.82) is 0 Å². The van der Waals surface area contributed by atoms with Gasteiger partial charge in [0.05, 0.1) is 31.3 Å². The largest absolute Gasteiger partial charge is 0.493 e.